The second kappa shape index (κ2) is 4.35. The van der Waals surface area contributed by atoms with Crippen molar-refractivity contribution in [3.63, 3.8) is 0 Å². The molecule has 0 radical (unpaired) electrons. The molecule has 2 aromatic rings. The van der Waals surface area contributed by atoms with Crippen LogP contribution in [0.25, 0.3) is 0 Å². The molecule has 0 unspecified atom stereocenters. The van der Waals surface area contributed by atoms with E-state index in [2.05, 4.69) is 32.3 Å². The van der Waals surface area contributed by atoms with Crippen LogP contribution in [0.15, 0.2) is 21.2 Å². The number of nitrogens with one attached hydrogen (secondary N) is 1. The van der Waals surface area contributed by atoms with Crippen molar-refractivity contribution in [2.75, 3.05) is 0 Å². The predicted octanol–water partition coefficient (Wildman–Crippen LogP) is 1.97. The minimum Gasteiger partial charge on any atom is -0.424 e. The van der Waals surface area contributed by atoms with Crippen LogP contribution in [0.4, 0.5) is 0 Å². The van der Waals surface area contributed by atoms with E-state index in [1.165, 1.54) is 18.4 Å². The van der Waals surface area contributed by atoms with Crippen molar-refractivity contribution < 1.29 is 4.42 Å². The summed E-state index contributed by atoms with van der Waals surface area (Å²) in [6.45, 7) is 0.696. The van der Waals surface area contributed by atoms with Gasteiger partial charge in [0.15, 0.2) is 0 Å². The first-order valence-corrected chi connectivity index (χ1v) is 6.40. The molecule has 0 atom stereocenters. The number of thiophene rings is 1. The second-order valence-electron chi connectivity index (χ2n) is 4.05. The van der Waals surface area contributed by atoms with Gasteiger partial charge in [0, 0.05) is 6.04 Å². The van der Waals surface area contributed by atoms with Gasteiger partial charge in [0.2, 0.25) is 11.8 Å². The van der Waals surface area contributed by atoms with E-state index in [9.17, 15) is 0 Å². The van der Waals surface area contributed by atoms with Crippen molar-refractivity contribution in [2.24, 2.45) is 0 Å². The number of hydrogen-bond acceptors (Lipinski definition) is 5. The van der Waals surface area contributed by atoms with Gasteiger partial charge < -0.3 is 9.73 Å². The zero-order chi connectivity index (χ0) is 10.8. The predicted molar refractivity (Wildman–Crippen MR) is 61.3 cm³/mol. The number of hydrogen-bond donors (Lipinski definition) is 1. The highest BCUT2D eigenvalue weighted by atomic mass is 32.1. The van der Waals surface area contributed by atoms with Crippen LogP contribution in [-0.2, 0) is 13.0 Å². The third-order valence-corrected chi connectivity index (χ3v) is 3.30. The van der Waals surface area contributed by atoms with Crippen molar-refractivity contribution in [1.29, 1.82) is 0 Å². The van der Waals surface area contributed by atoms with Gasteiger partial charge in [-0.2, -0.15) is 11.3 Å². The quantitative estimate of drug-likeness (QED) is 0.861. The van der Waals surface area contributed by atoms with Crippen LogP contribution in [0.3, 0.4) is 0 Å². The summed E-state index contributed by atoms with van der Waals surface area (Å²) >= 11 is 1.69. The summed E-state index contributed by atoms with van der Waals surface area (Å²) in [5, 5.41) is 15.6. The fourth-order valence-electron chi connectivity index (χ4n) is 1.52. The number of aromatic nitrogens is 2. The van der Waals surface area contributed by atoms with E-state index < -0.39 is 0 Å². The molecule has 2 heterocycles. The van der Waals surface area contributed by atoms with Crippen molar-refractivity contribution in [3.8, 4) is 0 Å². The maximum Gasteiger partial charge on any atom is 0.230 e. The van der Waals surface area contributed by atoms with E-state index in [0.717, 1.165) is 6.42 Å². The lowest BCUT2D eigenvalue weighted by Gasteiger charge is -1.95. The standard InChI is InChI=1S/C11H13N3OS/c1-2-9(1)12-6-11-14-13-10(15-11)5-8-3-4-16-7-8/h3-4,7,9,12H,1-2,5-6H2. The molecule has 5 heteroatoms. The Kier molecular flexibility index (Phi) is 2.71. The molecule has 0 aromatic carbocycles. The third-order valence-electron chi connectivity index (χ3n) is 2.56. The van der Waals surface area contributed by atoms with Crippen LogP contribution in [0.2, 0.25) is 0 Å². The number of rotatable bonds is 5. The largest absolute Gasteiger partial charge is 0.424 e. The van der Waals surface area contributed by atoms with E-state index in [0.29, 0.717) is 24.4 Å². The molecule has 0 bridgehead atoms. The van der Waals surface area contributed by atoms with E-state index in [1.807, 2.05) is 0 Å². The molecule has 1 N–H and O–H groups in total. The number of nitrogens with zero attached hydrogens (tertiary/aromatic N) is 2. The van der Waals surface area contributed by atoms with Gasteiger partial charge in [-0.15, -0.1) is 10.2 Å². The monoisotopic (exact) mass is 235 g/mol. The van der Waals surface area contributed by atoms with Crippen molar-refractivity contribution in [1.82, 2.24) is 15.5 Å². The summed E-state index contributed by atoms with van der Waals surface area (Å²) in [4.78, 5) is 0. The van der Waals surface area contributed by atoms with Gasteiger partial charge in [-0.05, 0) is 35.2 Å². The van der Waals surface area contributed by atoms with E-state index in [4.69, 9.17) is 4.42 Å². The first kappa shape index (κ1) is 9.99. The summed E-state index contributed by atoms with van der Waals surface area (Å²) in [5.74, 6) is 1.39. The average molecular weight is 235 g/mol. The van der Waals surface area contributed by atoms with Gasteiger partial charge in [0.05, 0.1) is 13.0 Å². The highest BCUT2D eigenvalue weighted by Crippen LogP contribution is 2.19. The topological polar surface area (TPSA) is 51.0 Å². The van der Waals surface area contributed by atoms with E-state index in [-0.39, 0.29) is 0 Å². The van der Waals surface area contributed by atoms with Crippen LogP contribution in [0, 0.1) is 0 Å². The van der Waals surface area contributed by atoms with Gasteiger partial charge in [0.25, 0.3) is 0 Å². The molecule has 0 saturated heterocycles. The van der Waals surface area contributed by atoms with Gasteiger partial charge in [-0.1, -0.05) is 0 Å². The molecule has 3 rings (SSSR count). The summed E-state index contributed by atoms with van der Waals surface area (Å²) in [7, 11) is 0. The van der Waals surface area contributed by atoms with Crippen LogP contribution in [-0.4, -0.2) is 16.2 Å². The Labute approximate surface area is 97.7 Å². The molecule has 0 spiro atoms. The minimum absolute atomic E-state index is 0.673. The molecule has 0 amide bonds. The summed E-state index contributed by atoms with van der Waals surface area (Å²) in [6, 6.07) is 2.75. The zero-order valence-electron chi connectivity index (χ0n) is 8.85. The third kappa shape index (κ3) is 2.48. The lowest BCUT2D eigenvalue weighted by atomic mass is 10.2. The highest BCUT2D eigenvalue weighted by Gasteiger charge is 2.21. The molecule has 1 saturated carbocycles. The average Bonchev–Trinajstić information content (AvgIpc) is 2.78. The van der Waals surface area contributed by atoms with Crippen LogP contribution >= 0.6 is 11.3 Å². The Hall–Kier alpha value is -1.20. The first-order chi connectivity index (χ1) is 7.90. The van der Waals surface area contributed by atoms with Crippen LogP contribution < -0.4 is 5.32 Å². The van der Waals surface area contributed by atoms with E-state index in [1.54, 1.807) is 11.3 Å². The molecule has 1 aliphatic rings. The second-order valence-corrected chi connectivity index (χ2v) is 4.83. The fraction of sp³-hybridized carbons (Fsp3) is 0.455. The molecule has 16 heavy (non-hydrogen) atoms. The Balaban J connectivity index is 1.58. The lowest BCUT2D eigenvalue weighted by Crippen LogP contribution is -2.15. The van der Waals surface area contributed by atoms with Crippen molar-refractivity contribution in [2.45, 2.75) is 31.8 Å². The molecule has 4 nitrogen and oxygen atoms in total. The van der Waals surface area contributed by atoms with Crippen LogP contribution in [0.5, 0.6) is 0 Å². The molecule has 1 aliphatic carbocycles. The van der Waals surface area contributed by atoms with Gasteiger partial charge in [-0.3, -0.25) is 0 Å². The summed E-state index contributed by atoms with van der Waals surface area (Å²) in [5.41, 5.74) is 1.23. The molecule has 2 aromatic heterocycles. The normalized spacial score (nSPS) is 15.5. The first-order valence-electron chi connectivity index (χ1n) is 5.46. The molecular formula is C11H13N3OS. The van der Waals surface area contributed by atoms with Gasteiger partial charge >= 0.3 is 0 Å². The SMILES string of the molecule is c1cc(Cc2nnc(CNC3CC3)o2)cs1. The molecule has 1 fully saturated rings. The Morgan fingerprint density at radius 1 is 1.38 bits per heavy atom. The minimum atomic E-state index is 0.673. The molecule has 84 valence electrons. The Bertz CT molecular complexity index is 448. The Morgan fingerprint density at radius 2 is 2.25 bits per heavy atom. The smallest absolute Gasteiger partial charge is 0.230 e. The van der Waals surface area contributed by atoms with Crippen LogP contribution in [0.1, 0.15) is 30.2 Å². The fourth-order valence-corrected chi connectivity index (χ4v) is 2.19. The van der Waals surface area contributed by atoms with E-state index >= 15 is 0 Å². The van der Waals surface area contributed by atoms with Crippen molar-refractivity contribution in [3.05, 3.63) is 34.2 Å². The lowest BCUT2D eigenvalue weighted by molar-refractivity contribution is 0.438. The summed E-state index contributed by atoms with van der Waals surface area (Å²) < 4.78 is 5.56. The van der Waals surface area contributed by atoms with Gasteiger partial charge in [-0.25, -0.2) is 0 Å². The van der Waals surface area contributed by atoms with Crippen molar-refractivity contribution >= 4 is 11.3 Å². The maximum atomic E-state index is 5.56. The molecule has 0 aliphatic heterocycles. The maximum absolute atomic E-state index is 5.56. The van der Waals surface area contributed by atoms with Gasteiger partial charge in [0.1, 0.15) is 0 Å². The highest BCUT2D eigenvalue weighted by molar-refractivity contribution is 7.07. The zero-order valence-corrected chi connectivity index (χ0v) is 9.67. The summed E-state index contributed by atoms with van der Waals surface area (Å²) in [6.07, 6.45) is 3.28. The molecular weight excluding hydrogens is 222 g/mol. The Morgan fingerprint density at radius 3 is 3.00 bits per heavy atom.